The summed E-state index contributed by atoms with van der Waals surface area (Å²) in [6, 6.07) is 9.71. The molecule has 0 spiro atoms. The minimum Gasteiger partial charge on any atom is -0.460 e. The van der Waals surface area contributed by atoms with E-state index >= 15 is 0 Å². The van der Waals surface area contributed by atoms with Crippen LogP contribution in [-0.4, -0.2) is 36.7 Å². The van der Waals surface area contributed by atoms with Crippen molar-refractivity contribution in [2.24, 2.45) is 5.92 Å². The summed E-state index contributed by atoms with van der Waals surface area (Å²) in [5.74, 6) is 1.64. The maximum atomic E-state index is 12.8. The minimum atomic E-state index is -3.53. The van der Waals surface area contributed by atoms with Crippen LogP contribution in [0.2, 0.25) is 0 Å². The summed E-state index contributed by atoms with van der Waals surface area (Å²) >= 11 is 1.30. The SMILES string of the molecule is Cc1ccc(-c2csc(NC(=O)c3ccc(S(=O)(=O)N4CCC(C)CC4)cc3)n2)o1. The highest BCUT2D eigenvalue weighted by molar-refractivity contribution is 7.89. The van der Waals surface area contributed by atoms with E-state index in [4.69, 9.17) is 4.42 Å². The van der Waals surface area contributed by atoms with Crippen LogP contribution in [0.1, 0.15) is 35.9 Å². The molecule has 0 saturated carbocycles. The van der Waals surface area contributed by atoms with Crippen molar-refractivity contribution in [1.82, 2.24) is 9.29 Å². The lowest BCUT2D eigenvalue weighted by Gasteiger charge is -2.29. The molecule has 0 bridgehead atoms. The number of thiazole rings is 1. The molecule has 158 valence electrons. The first-order chi connectivity index (χ1) is 14.3. The Bertz CT molecular complexity index is 1140. The second kappa shape index (κ2) is 8.33. The van der Waals surface area contributed by atoms with Crippen LogP contribution in [0.4, 0.5) is 5.13 Å². The van der Waals surface area contributed by atoms with Crippen LogP contribution in [0.5, 0.6) is 0 Å². The molecule has 1 N–H and O–H groups in total. The largest absolute Gasteiger partial charge is 0.460 e. The number of sulfonamides is 1. The average Bonchev–Trinajstić information content (AvgIpc) is 3.37. The van der Waals surface area contributed by atoms with Gasteiger partial charge in [0.1, 0.15) is 11.5 Å². The van der Waals surface area contributed by atoms with Gasteiger partial charge in [0.05, 0.1) is 4.90 Å². The molecule has 1 aliphatic rings. The Morgan fingerprint density at radius 2 is 1.87 bits per heavy atom. The molecule has 1 fully saturated rings. The molecule has 1 saturated heterocycles. The summed E-state index contributed by atoms with van der Waals surface area (Å²) in [5.41, 5.74) is 1.02. The lowest BCUT2D eigenvalue weighted by molar-refractivity contribution is 0.102. The van der Waals surface area contributed by atoms with Gasteiger partial charge in [-0.25, -0.2) is 13.4 Å². The number of anilines is 1. The normalized spacial score (nSPS) is 15.9. The van der Waals surface area contributed by atoms with Gasteiger partial charge in [-0.15, -0.1) is 11.3 Å². The lowest BCUT2D eigenvalue weighted by atomic mass is 10.0. The molecule has 1 aliphatic heterocycles. The molecular weight excluding hydrogens is 422 g/mol. The molecular formula is C21H23N3O4S2. The van der Waals surface area contributed by atoms with E-state index in [0.717, 1.165) is 18.6 Å². The number of nitrogens with one attached hydrogen (secondary N) is 1. The van der Waals surface area contributed by atoms with Crippen molar-refractivity contribution in [3.63, 3.8) is 0 Å². The van der Waals surface area contributed by atoms with Gasteiger partial charge in [0.25, 0.3) is 5.91 Å². The molecule has 3 aromatic rings. The number of aryl methyl sites for hydroxylation is 1. The van der Waals surface area contributed by atoms with Crippen LogP contribution in [-0.2, 0) is 10.0 Å². The van der Waals surface area contributed by atoms with E-state index in [9.17, 15) is 13.2 Å². The number of rotatable bonds is 5. The number of aromatic nitrogens is 1. The smallest absolute Gasteiger partial charge is 0.257 e. The highest BCUT2D eigenvalue weighted by Gasteiger charge is 2.28. The Hall–Kier alpha value is -2.49. The Kier molecular flexibility index (Phi) is 5.77. The second-order valence-corrected chi connectivity index (χ2v) is 10.3. The molecule has 0 radical (unpaired) electrons. The summed E-state index contributed by atoms with van der Waals surface area (Å²) in [4.78, 5) is 17.1. The third-order valence-electron chi connectivity index (χ3n) is 5.21. The zero-order chi connectivity index (χ0) is 21.3. The van der Waals surface area contributed by atoms with Gasteiger partial charge in [-0.3, -0.25) is 10.1 Å². The molecule has 3 heterocycles. The number of carbonyl (C=O) groups excluding carboxylic acids is 1. The van der Waals surface area contributed by atoms with E-state index in [2.05, 4.69) is 17.2 Å². The summed E-state index contributed by atoms with van der Waals surface area (Å²) in [7, 11) is -3.53. The zero-order valence-corrected chi connectivity index (χ0v) is 18.4. The fourth-order valence-electron chi connectivity index (χ4n) is 3.34. The molecule has 4 rings (SSSR count). The van der Waals surface area contributed by atoms with Gasteiger partial charge < -0.3 is 4.42 Å². The van der Waals surface area contributed by atoms with Gasteiger partial charge in [-0.1, -0.05) is 6.92 Å². The number of benzene rings is 1. The molecule has 2 aromatic heterocycles. The number of amides is 1. The van der Waals surface area contributed by atoms with Crippen LogP contribution in [0.25, 0.3) is 11.5 Å². The highest BCUT2D eigenvalue weighted by Crippen LogP contribution is 2.27. The fraction of sp³-hybridized carbons (Fsp3) is 0.333. The summed E-state index contributed by atoms with van der Waals surface area (Å²) in [6.07, 6.45) is 1.74. The summed E-state index contributed by atoms with van der Waals surface area (Å²) in [5, 5.41) is 5.00. The third kappa shape index (κ3) is 4.33. The van der Waals surface area contributed by atoms with Gasteiger partial charge in [-0.05, 0) is 62.1 Å². The van der Waals surface area contributed by atoms with Crippen LogP contribution in [0, 0.1) is 12.8 Å². The van der Waals surface area contributed by atoms with Crippen molar-refractivity contribution in [2.75, 3.05) is 18.4 Å². The van der Waals surface area contributed by atoms with Gasteiger partial charge in [-0.2, -0.15) is 4.31 Å². The number of furan rings is 1. The van der Waals surface area contributed by atoms with E-state index in [1.165, 1.54) is 39.9 Å². The molecule has 9 heteroatoms. The first-order valence-corrected chi connectivity index (χ1v) is 12.1. The topological polar surface area (TPSA) is 92.5 Å². The predicted octanol–water partition coefficient (Wildman–Crippen LogP) is 4.38. The Labute approximate surface area is 179 Å². The quantitative estimate of drug-likeness (QED) is 0.629. The van der Waals surface area contributed by atoms with Crippen molar-refractivity contribution >= 4 is 32.4 Å². The molecule has 1 amide bonds. The number of carbonyl (C=O) groups is 1. The molecule has 0 atom stereocenters. The van der Waals surface area contributed by atoms with Gasteiger partial charge in [0.15, 0.2) is 10.9 Å². The maximum Gasteiger partial charge on any atom is 0.257 e. The number of hydrogen-bond acceptors (Lipinski definition) is 6. The standard InChI is InChI=1S/C21H23N3O4S2/c1-14-9-11-24(12-10-14)30(26,27)17-6-4-16(5-7-17)20(25)23-21-22-18(13-29-21)19-8-3-15(2)28-19/h3-8,13-14H,9-12H2,1-2H3,(H,22,23,25). The maximum absolute atomic E-state index is 12.8. The molecule has 7 nitrogen and oxygen atoms in total. The number of nitrogens with zero attached hydrogens (tertiary/aromatic N) is 2. The van der Waals surface area contributed by atoms with Gasteiger partial charge in [0.2, 0.25) is 10.0 Å². The Balaban J connectivity index is 1.44. The van der Waals surface area contributed by atoms with Crippen molar-refractivity contribution in [3.05, 3.63) is 53.1 Å². The lowest BCUT2D eigenvalue weighted by Crippen LogP contribution is -2.37. The predicted molar refractivity (Wildman–Crippen MR) is 116 cm³/mol. The number of hydrogen-bond donors (Lipinski definition) is 1. The Morgan fingerprint density at radius 3 is 2.50 bits per heavy atom. The van der Waals surface area contributed by atoms with E-state index in [-0.39, 0.29) is 10.8 Å². The first kappa shape index (κ1) is 20.8. The van der Waals surface area contributed by atoms with Crippen molar-refractivity contribution < 1.29 is 17.6 Å². The highest BCUT2D eigenvalue weighted by atomic mass is 32.2. The van der Waals surface area contributed by atoms with Gasteiger partial charge >= 0.3 is 0 Å². The number of piperidine rings is 1. The van der Waals surface area contributed by atoms with Crippen molar-refractivity contribution in [2.45, 2.75) is 31.6 Å². The third-order valence-corrected chi connectivity index (χ3v) is 7.88. The second-order valence-electron chi connectivity index (χ2n) is 7.51. The van der Waals surface area contributed by atoms with Crippen LogP contribution >= 0.6 is 11.3 Å². The monoisotopic (exact) mass is 445 g/mol. The van der Waals surface area contributed by atoms with E-state index in [0.29, 0.717) is 41.2 Å². The van der Waals surface area contributed by atoms with Crippen molar-refractivity contribution in [3.8, 4) is 11.5 Å². The van der Waals surface area contributed by atoms with E-state index < -0.39 is 10.0 Å². The first-order valence-electron chi connectivity index (χ1n) is 9.77. The van der Waals surface area contributed by atoms with Crippen LogP contribution in [0.15, 0.2) is 51.1 Å². The molecule has 0 aliphatic carbocycles. The molecule has 1 aromatic carbocycles. The summed E-state index contributed by atoms with van der Waals surface area (Å²) in [6.45, 7) is 5.06. The van der Waals surface area contributed by atoms with Crippen LogP contribution < -0.4 is 5.32 Å². The molecule has 0 unspecified atom stereocenters. The minimum absolute atomic E-state index is 0.207. The van der Waals surface area contributed by atoms with E-state index in [1.807, 2.05) is 24.4 Å². The van der Waals surface area contributed by atoms with E-state index in [1.54, 1.807) is 0 Å². The Morgan fingerprint density at radius 1 is 1.17 bits per heavy atom. The summed E-state index contributed by atoms with van der Waals surface area (Å²) < 4.78 is 32.7. The molecule has 30 heavy (non-hydrogen) atoms. The average molecular weight is 446 g/mol. The zero-order valence-electron chi connectivity index (χ0n) is 16.8. The van der Waals surface area contributed by atoms with Crippen molar-refractivity contribution in [1.29, 1.82) is 0 Å². The van der Waals surface area contributed by atoms with Crippen LogP contribution in [0.3, 0.4) is 0 Å². The fourth-order valence-corrected chi connectivity index (χ4v) is 5.50. The van der Waals surface area contributed by atoms with Gasteiger partial charge in [0, 0.05) is 24.0 Å².